The standard InChI is InChI=1S/C13H15BrN2/c1-8-11-5-2-9(14)6-12(11)16(10-3-4-10)13(8)7-15/h2,5-6,10H,3-4,7,15H2,1H3. The van der Waals surface area contributed by atoms with E-state index in [9.17, 15) is 0 Å². The largest absolute Gasteiger partial charge is 0.340 e. The summed E-state index contributed by atoms with van der Waals surface area (Å²) in [5.41, 5.74) is 9.86. The number of halogens is 1. The Balaban J connectivity index is 2.37. The number of benzene rings is 1. The van der Waals surface area contributed by atoms with Crippen molar-refractivity contribution in [3.63, 3.8) is 0 Å². The highest BCUT2D eigenvalue weighted by molar-refractivity contribution is 9.10. The summed E-state index contributed by atoms with van der Waals surface area (Å²) in [5, 5.41) is 1.34. The molecular weight excluding hydrogens is 264 g/mol. The van der Waals surface area contributed by atoms with Gasteiger partial charge in [0.1, 0.15) is 0 Å². The molecule has 0 saturated heterocycles. The first-order valence-corrected chi connectivity index (χ1v) is 6.50. The van der Waals surface area contributed by atoms with Crippen molar-refractivity contribution in [1.29, 1.82) is 0 Å². The second kappa shape index (κ2) is 3.60. The molecule has 0 atom stereocenters. The Morgan fingerprint density at radius 3 is 2.81 bits per heavy atom. The van der Waals surface area contributed by atoms with E-state index in [1.54, 1.807) is 0 Å². The van der Waals surface area contributed by atoms with Crippen molar-refractivity contribution < 1.29 is 0 Å². The van der Waals surface area contributed by atoms with Gasteiger partial charge in [0.25, 0.3) is 0 Å². The van der Waals surface area contributed by atoms with Crippen LogP contribution >= 0.6 is 15.9 Å². The Bertz CT molecular complexity index is 553. The fraction of sp³-hybridized carbons (Fsp3) is 0.385. The number of rotatable bonds is 2. The van der Waals surface area contributed by atoms with Crippen molar-refractivity contribution in [3.05, 3.63) is 33.9 Å². The van der Waals surface area contributed by atoms with Gasteiger partial charge in [0.2, 0.25) is 0 Å². The molecule has 3 rings (SSSR count). The predicted molar refractivity (Wildman–Crippen MR) is 70.5 cm³/mol. The van der Waals surface area contributed by atoms with Crippen LogP contribution in [0.15, 0.2) is 22.7 Å². The van der Waals surface area contributed by atoms with Gasteiger partial charge >= 0.3 is 0 Å². The van der Waals surface area contributed by atoms with Gasteiger partial charge in [0, 0.05) is 33.7 Å². The van der Waals surface area contributed by atoms with Gasteiger partial charge in [0.05, 0.1) is 0 Å². The minimum absolute atomic E-state index is 0.634. The van der Waals surface area contributed by atoms with E-state index in [1.165, 1.54) is 35.0 Å². The number of aryl methyl sites for hydroxylation is 1. The van der Waals surface area contributed by atoms with Crippen LogP contribution in [0.25, 0.3) is 10.9 Å². The van der Waals surface area contributed by atoms with Crippen molar-refractivity contribution in [3.8, 4) is 0 Å². The summed E-state index contributed by atoms with van der Waals surface area (Å²) in [4.78, 5) is 0. The normalized spacial score (nSPS) is 15.9. The molecule has 0 spiro atoms. The number of fused-ring (bicyclic) bond motifs is 1. The Kier molecular flexibility index (Phi) is 2.33. The molecule has 1 saturated carbocycles. The summed E-state index contributed by atoms with van der Waals surface area (Å²) in [6, 6.07) is 7.18. The zero-order valence-corrected chi connectivity index (χ0v) is 10.9. The predicted octanol–water partition coefficient (Wildman–Crippen LogP) is 3.51. The van der Waals surface area contributed by atoms with Crippen molar-refractivity contribution in [2.45, 2.75) is 32.4 Å². The molecule has 16 heavy (non-hydrogen) atoms. The average molecular weight is 279 g/mol. The summed E-state index contributed by atoms with van der Waals surface area (Å²) in [6.07, 6.45) is 2.59. The van der Waals surface area contributed by atoms with Gasteiger partial charge in [-0.2, -0.15) is 0 Å². The van der Waals surface area contributed by atoms with Crippen LogP contribution in [0.2, 0.25) is 0 Å². The molecule has 2 nitrogen and oxygen atoms in total. The quantitative estimate of drug-likeness (QED) is 0.896. The third-order valence-corrected chi connectivity index (χ3v) is 3.95. The SMILES string of the molecule is Cc1c(CN)n(C2CC2)c2cc(Br)ccc12. The van der Waals surface area contributed by atoms with Crippen molar-refractivity contribution >= 4 is 26.8 Å². The lowest BCUT2D eigenvalue weighted by Gasteiger charge is -2.08. The second-order valence-electron chi connectivity index (χ2n) is 4.54. The smallest absolute Gasteiger partial charge is 0.0499 e. The molecule has 0 unspecified atom stereocenters. The molecule has 0 bridgehead atoms. The van der Waals surface area contributed by atoms with E-state index < -0.39 is 0 Å². The average Bonchev–Trinajstić information content (AvgIpc) is 3.05. The summed E-state index contributed by atoms with van der Waals surface area (Å²) in [7, 11) is 0. The van der Waals surface area contributed by atoms with Gasteiger partial charge in [0.15, 0.2) is 0 Å². The molecule has 0 radical (unpaired) electrons. The van der Waals surface area contributed by atoms with Gasteiger partial charge in [-0.1, -0.05) is 22.0 Å². The second-order valence-corrected chi connectivity index (χ2v) is 5.45. The zero-order chi connectivity index (χ0) is 11.3. The Labute approximate surface area is 104 Å². The number of aromatic nitrogens is 1. The van der Waals surface area contributed by atoms with Crippen LogP contribution < -0.4 is 5.73 Å². The van der Waals surface area contributed by atoms with E-state index in [1.807, 2.05) is 0 Å². The number of nitrogens with zero attached hydrogens (tertiary/aromatic N) is 1. The van der Waals surface area contributed by atoms with Crippen molar-refractivity contribution in [2.24, 2.45) is 5.73 Å². The molecule has 84 valence electrons. The van der Waals surface area contributed by atoms with Crippen LogP contribution in [0.5, 0.6) is 0 Å². The van der Waals surface area contributed by atoms with Gasteiger partial charge in [-0.15, -0.1) is 0 Å². The Morgan fingerprint density at radius 2 is 2.19 bits per heavy atom. The molecule has 1 aliphatic carbocycles. The van der Waals surface area contributed by atoms with Crippen molar-refractivity contribution in [1.82, 2.24) is 4.57 Å². The molecule has 0 amide bonds. The van der Waals surface area contributed by atoms with Crippen molar-refractivity contribution in [2.75, 3.05) is 0 Å². The lowest BCUT2D eigenvalue weighted by atomic mass is 10.1. The van der Waals surface area contributed by atoms with Gasteiger partial charge < -0.3 is 10.3 Å². The zero-order valence-electron chi connectivity index (χ0n) is 9.33. The molecule has 1 aliphatic rings. The Morgan fingerprint density at radius 1 is 1.44 bits per heavy atom. The van der Waals surface area contributed by atoms with Crippen LogP contribution in [-0.2, 0) is 6.54 Å². The van der Waals surface area contributed by atoms with E-state index in [4.69, 9.17) is 5.73 Å². The first kappa shape index (κ1) is 10.4. The first-order chi connectivity index (χ1) is 7.72. The minimum atomic E-state index is 0.634. The van der Waals surface area contributed by atoms with E-state index in [2.05, 4.69) is 45.6 Å². The minimum Gasteiger partial charge on any atom is -0.340 e. The van der Waals surface area contributed by atoms with Crippen LogP contribution in [0.3, 0.4) is 0 Å². The number of hydrogen-bond acceptors (Lipinski definition) is 1. The number of nitrogens with two attached hydrogens (primary N) is 1. The summed E-state index contributed by atoms with van der Waals surface area (Å²) in [6.45, 7) is 2.81. The molecule has 1 fully saturated rings. The molecule has 1 heterocycles. The highest BCUT2D eigenvalue weighted by Gasteiger charge is 2.28. The lowest BCUT2D eigenvalue weighted by Crippen LogP contribution is -2.06. The molecular formula is C13H15BrN2. The Hall–Kier alpha value is -0.800. The van der Waals surface area contributed by atoms with Crippen LogP contribution in [0.4, 0.5) is 0 Å². The van der Waals surface area contributed by atoms with E-state index >= 15 is 0 Å². The maximum atomic E-state index is 5.89. The van der Waals surface area contributed by atoms with E-state index in [0.29, 0.717) is 12.6 Å². The van der Waals surface area contributed by atoms with Crippen LogP contribution in [-0.4, -0.2) is 4.57 Å². The van der Waals surface area contributed by atoms with E-state index in [0.717, 1.165) is 4.47 Å². The maximum Gasteiger partial charge on any atom is 0.0499 e. The lowest BCUT2D eigenvalue weighted by molar-refractivity contribution is 0.717. The topological polar surface area (TPSA) is 30.9 Å². The molecule has 1 aromatic heterocycles. The molecule has 3 heteroatoms. The maximum absolute atomic E-state index is 5.89. The molecule has 2 aromatic rings. The fourth-order valence-electron chi connectivity index (χ4n) is 2.50. The monoisotopic (exact) mass is 278 g/mol. The third-order valence-electron chi connectivity index (χ3n) is 3.45. The van der Waals surface area contributed by atoms with Crippen LogP contribution in [0, 0.1) is 6.92 Å². The molecule has 2 N–H and O–H groups in total. The molecule has 0 aliphatic heterocycles. The molecule has 1 aromatic carbocycles. The van der Waals surface area contributed by atoms with Gasteiger partial charge in [-0.25, -0.2) is 0 Å². The highest BCUT2D eigenvalue weighted by atomic mass is 79.9. The van der Waals surface area contributed by atoms with E-state index in [-0.39, 0.29) is 0 Å². The summed E-state index contributed by atoms with van der Waals surface area (Å²) >= 11 is 3.55. The fourth-order valence-corrected chi connectivity index (χ4v) is 2.85. The first-order valence-electron chi connectivity index (χ1n) is 5.71. The van der Waals surface area contributed by atoms with Gasteiger partial charge in [-0.3, -0.25) is 0 Å². The van der Waals surface area contributed by atoms with Gasteiger partial charge in [-0.05, 0) is 37.5 Å². The highest BCUT2D eigenvalue weighted by Crippen LogP contribution is 2.41. The third kappa shape index (κ3) is 1.42. The summed E-state index contributed by atoms with van der Waals surface area (Å²) < 4.78 is 3.58. The number of hydrogen-bond donors (Lipinski definition) is 1. The van der Waals surface area contributed by atoms with Crippen LogP contribution in [0.1, 0.15) is 30.1 Å². The summed E-state index contributed by atoms with van der Waals surface area (Å²) in [5.74, 6) is 0.